The topological polar surface area (TPSA) is 65.3 Å². The number of methoxy groups -OCH3 is 1. The first-order valence-corrected chi connectivity index (χ1v) is 8.14. The molecule has 2 N–H and O–H groups in total. The second-order valence-electron chi connectivity index (χ2n) is 5.97. The molecule has 0 aromatic heterocycles. The molecule has 24 heavy (non-hydrogen) atoms. The van der Waals surface area contributed by atoms with Crippen molar-refractivity contribution in [3.63, 3.8) is 0 Å². The van der Waals surface area contributed by atoms with E-state index in [9.17, 15) is 5.11 Å². The largest absolute Gasteiger partial charge is 0.495 e. The monoisotopic (exact) mass is 324 g/mol. The van der Waals surface area contributed by atoms with Crippen LogP contribution in [0.5, 0.6) is 5.75 Å². The molecule has 4 nitrogen and oxygen atoms in total. The average molecular weight is 324 g/mol. The SMILES string of the molecule is COc1ccc(CNCC(CC(C)O)c2ccccc2)cc1C#N. The van der Waals surface area contributed by atoms with Gasteiger partial charge in [0.25, 0.3) is 0 Å². The zero-order chi connectivity index (χ0) is 17.4. The lowest BCUT2D eigenvalue weighted by molar-refractivity contribution is 0.173. The normalized spacial score (nSPS) is 13.1. The van der Waals surface area contributed by atoms with Gasteiger partial charge in [-0.1, -0.05) is 36.4 Å². The number of nitriles is 1. The highest BCUT2D eigenvalue weighted by molar-refractivity contribution is 5.45. The molecule has 0 saturated heterocycles. The first-order chi connectivity index (χ1) is 11.6. The second kappa shape index (κ2) is 9.07. The maximum absolute atomic E-state index is 9.75. The fraction of sp³-hybridized carbons (Fsp3) is 0.350. The zero-order valence-electron chi connectivity index (χ0n) is 14.2. The van der Waals surface area contributed by atoms with Crippen LogP contribution in [0, 0.1) is 11.3 Å². The van der Waals surface area contributed by atoms with Crippen molar-refractivity contribution in [2.45, 2.75) is 31.9 Å². The zero-order valence-corrected chi connectivity index (χ0v) is 14.2. The lowest BCUT2D eigenvalue weighted by Gasteiger charge is -2.20. The van der Waals surface area contributed by atoms with Gasteiger partial charge in [-0.15, -0.1) is 0 Å². The molecule has 0 heterocycles. The van der Waals surface area contributed by atoms with Crippen LogP contribution in [0.1, 0.15) is 36.0 Å². The van der Waals surface area contributed by atoms with Crippen molar-refractivity contribution in [3.8, 4) is 11.8 Å². The van der Waals surface area contributed by atoms with Crippen LogP contribution in [-0.4, -0.2) is 24.9 Å². The van der Waals surface area contributed by atoms with Crippen molar-refractivity contribution < 1.29 is 9.84 Å². The van der Waals surface area contributed by atoms with E-state index < -0.39 is 0 Å². The molecule has 0 saturated carbocycles. The molecule has 2 atom stereocenters. The molecule has 0 radical (unpaired) electrons. The molecule has 2 rings (SSSR count). The molecular formula is C20H24N2O2. The Morgan fingerprint density at radius 3 is 2.58 bits per heavy atom. The molecule has 2 unspecified atom stereocenters. The number of hydrogen-bond acceptors (Lipinski definition) is 4. The molecule has 0 fully saturated rings. The minimum Gasteiger partial charge on any atom is -0.495 e. The lowest BCUT2D eigenvalue weighted by Crippen LogP contribution is -2.23. The van der Waals surface area contributed by atoms with Crippen molar-refractivity contribution in [2.24, 2.45) is 0 Å². The Morgan fingerprint density at radius 2 is 1.96 bits per heavy atom. The van der Waals surface area contributed by atoms with Crippen LogP contribution in [0.3, 0.4) is 0 Å². The summed E-state index contributed by atoms with van der Waals surface area (Å²) in [5, 5.41) is 22.3. The Kier molecular flexibility index (Phi) is 6.80. The summed E-state index contributed by atoms with van der Waals surface area (Å²) in [6.45, 7) is 3.25. The molecule has 0 bridgehead atoms. The van der Waals surface area contributed by atoms with E-state index in [2.05, 4.69) is 23.5 Å². The highest BCUT2D eigenvalue weighted by Gasteiger charge is 2.14. The van der Waals surface area contributed by atoms with Gasteiger partial charge < -0.3 is 15.2 Å². The van der Waals surface area contributed by atoms with Crippen LogP contribution in [0.25, 0.3) is 0 Å². The summed E-state index contributed by atoms with van der Waals surface area (Å²) in [6.07, 6.45) is 0.367. The van der Waals surface area contributed by atoms with E-state index in [1.165, 1.54) is 5.56 Å². The number of aliphatic hydroxyl groups excluding tert-OH is 1. The van der Waals surface area contributed by atoms with E-state index in [1.54, 1.807) is 7.11 Å². The number of nitrogens with zero attached hydrogens (tertiary/aromatic N) is 1. The Bertz CT molecular complexity index is 678. The molecule has 0 aliphatic heterocycles. The van der Waals surface area contributed by atoms with Gasteiger partial charge in [0.2, 0.25) is 0 Å². The summed E-state index contributed by atoms with van der Waals surface area (Å²) in [7, 11) is 1.56. The standard InChI is InChI=1S/C20H24N2O2/c1-15(23)10-19(17-6-4-3-5-7-17)14-22-13-16-8-9-20(24-2)18(11-16)12-21/h3-9,11,15,19,22-23H,10,13-14H2,1-2H3. The molecule has 0 amide bonds. The third kappa shape index (κ3) is 5.09. The van der Waals surface area contributed by atoms with E-state index in [0.717, 1.165) is 12.1 Å². The molecule has 2 aromatic rings. The van der Waals surface area contributed by atoms with Crippen LogP contribution in [0.4, 0.5) is 0 Å². The number of hydrogen-bond donors (Lipinski definition) is 2. The van der Waals surface area contributed by atoms with E-state index in [1.807, 2.05) is 43.3 Å². The second-order valence-corrected chi connectivity index (χ2v) is 5.97. The van der Waals surface area contributed by atoms with Gasteiger partial charge in [-0.2, -0.15) is 5.26 Å². The van der Waals surface area contributed by atoms with Gasteiger partial charge in [0, 0.05) is 13.1 Å². The molecule has 2 aromatic carbocycles. The van der Waals surface area contributed by atoms with Gasteiger partial charge in [0.1, 0.15) is 11.8 Å². The Morgan fingerprint density at radius 1 is 1.21 bits per heavy atom. The van der Waals surface area contributed by atoms with Crippen molar-refractivity contribution in [1.29, 1.82) is 5.26 Å². The minimum absolute atomic E-state index is 0.250. The predicted octanol–water partition coefficient (Wildman–Crippen LogP) is 3.21. The van der Waals surface area contributed by atoms with Crippen LogP contribution in [0.2, 0.25) is 0 Å². The summed E-state index contributed by atoms with van der Waals surface area (Å²) in [4.78, 5) is 0. The van der Waals surface area contributed by atoms with Gasteiger partial charge in [-0.05, 0) is 42.5 Å². The quantitative estimate of drug-likeness (QED) is 0.782. The number of benzene rings is 2. The summed E-state index contributed by atoms with van der Waals surface area (Å²) in [5.41, 5.74) is 2.80. The van der Waals surface area contributed by atoms with Gasteiger partial charge in [-0.3, -0.25) is 0 Å². The van der Waals surface area contributed by atoms with Gasteiger partial charge >= 0.3 is 0 Å². The van der Waals surface area contributed by atoms with E-state index in [0.29, 0.717) is 24.3 Å². The van der Waals surface area contributed by atoms with Crippen LogP contribution < -0.4 is 10.1 Å². The highest BCUT2D eigenvalue weighted by atomic mass is 16.5. The first kappa shape index (κ1) is 18.0. The van der Waals surface area contributed by atoms with Crippen molar-refractivity contribution in [1.82, 2.24) is 5.32 Å². The summed E-state index contributed by atoms with van der Waals surface area (Å²) in [5.74, 6) is 0.845. The lowest BCUT2D eigenvalue weighted by atomic mass is 9.93. The molecule has 0 aliphatic rings. The van der Waals surface area contributed by atoms with Crippen LogP contribution in [-0.2, 0) is 6.54 Å². The molecule has 126 valence electrons. The van der Waals surface area contributed by atoms with Crippen LogP contribution in [0.15, 0.2) is 48.5 Å². The maximum atomic E-state index is 9.75. The number of nitrogens with one attached hydrogen (secondary N) is 1. The third-order valence-electron chi connectivity index (χ3n) is 4.00. The molecular weight excluding hydrogens is 300 g/mol. The predicted molar refractivity (Wildman–Crippen MR) is 94.9 cm³/mol. The summed E-state index contributed by atoms with van der Waals surface area (Å²) in [6, 6.07) is 18.0. The third-order valence-corrected chi connectivity index (χ3v) is 4.00. The van der Waals surface area contributed by atoms with Crippen molar-refractivity contribution in [3.05, 3.63) is 65.2 Å². The Hall–Kier alpha value is -2.35. The maximum Gasteiger partial charge on any atom is 0.136 e. The van der Waals surface area contributed by atoms with E-state index >= 15 is 0 Å². The summed E-state index contributed by atoms with van der Waals surface area (Å²) < 4.78 is 5.16. The van der Waals surface area contributed by atoms with Crippen molar-refractivity contribution in [2.75, 3.05) is 13.7 Å². The smallest absolute Gasteiger partial charge is 0.136 e. The van der Waals surface area contributed by atoms with E-state index in [4.69, 9.17) is 10.00 Å². The summed E-state index contributed by atoms with van der Waals surface area (Å²) >= 11 is 0. The average Bonchev–Trinajstić information content (AvgIpc) is 2.61. The fourth-order valence-electron chi connectivity index (χ4n) is 2.82. The first-order valence-electron chi connectivity index (χ1n) is 8.14. The highest BCUT2D eigenvalue weighted by Crippen LogP contribution is 2.21. The van der Waals surface area contributed by atoms with Gasteiger partial charge in [0.15, 0.2) is 0 Å². The van der Waals surface area contributed by atoms with Crippen molar-refractivity contribution >= 4 is 0 Å². The Balaban J connectivity index is 1.99. The number of aliphatic hydroxyl groups is 1. The molecule has 0 spiro atoms. The molecule has 4 heteroatoms. The van der Waals surface area contributed by atoms with Crippen LogP contribution >= 0.6 is 0 Å². The molecule has 0 aliphatic carbocycles. The van der Waals surface area contributed by atoms with Gasteiger partial charge in [-0.25, -0.2) is 0 Å². The number of ether oxygens (including phenoxy) is 1. The minimum atomic E-state index is -0.344. The fourth-order valence-corrected chi connectivity index (χ4v) is 2.82. The Labute approximate surface area is 143 Å². The van der Waals surface area contributed by atoms with Gasteiger partial charge in [0.05, 0.1) is 18.8 Å². The number of rotatable bonds is 8. The van der Waals surface area contributed by atoms with E-state index in [-0.39, 0.29) is 12.0 Å².